The number of aromatic nitrogens is 2. The van der Waals surface area contributed by atoms with Crippen molar-refractivity contribution in [2.24, 2.45) is 7.05 Å². The minimum absolute atomic E-state index is 0.620. The van der Waals surface area contributed by atoms with Gasteiger partial charge in [-0.25, -0.2) is 0 Å². The molecule has 1 N–H and O–H groups in total. The Bertz CT molecular complexity index is 410. The summed E-state index contributed by atoms with van der Waals surface area (Å²) in [6.45, 7) is 8.51. The maximum atomic E-state index is 6.44. The van der Waals surface area contributed by atoms with Gasteiger partial charge in [0.25, 0.3) is 0 Å². The lowest BCUT2D eigenvalue weighted by atomic mass is 10.1. The molecule has 1 fully saturated rings. The van der Waals surface area contributed by atoms with Crippen LogP contribution in [0.5, 0.6) is 0 Å². The molecule has 1 saturated heterocycles. The largest absolute Gasteiger partial charge is 0.315 e. The summed E-state index contributed by atoms with van der Waals surface area (Å²) < 4.78 is 1.94. The highest BCUT2D eigenvalue weighted by atomic mass is 35.5. The Labute approximate surface area is 121 Å². The Kier molecular flexibility index (Phi) is 5.25. The Hall–Kier alpha value is -0.580. The van der Waals surface area contributed by atoms with Crippen LogP contribution in [0.25, 0.3) is 0 Å². The van der Waals surface area contributed by atoms with E-state index in [9.17, 15) is 0 Å². The molecule has 5 heteroatoms. The van der Waals surface area contributed by atoms with Crippen LogP contribution in [0.3, 0.4) is 0 Å². The van der Waals surface area contributed by atoms with Crippen LogP contribution < -0.4 is 5.32 Å². The number of hydrogen-bond donors (Lipinski definition) is 1. The highest BCUT2D eigenvalue weighted by Crippen LogP contribution is 2.23. The number of rotatable bonds is 5. The zero-order valence-corrected chi connectivity index (χ0v) is 13.0. The predicted molar refractivity (Wildman–Crippen MR) is 79.6 cm³/mol. The van der Waals surface area contributed by atoms with Crippen LogP contribution >= 0.6 is 11.6 Å². The molecule has 0 radical (unpaired) electrons. The second-order valence-corrected chi connectivity index (χ2v) is 5.63. The van der Waals surface area contributed by atoms with E-state index < -0.39 is 0 Å². The maximum absolute atomic E-state index is 6.44. The summed E-state index contributed by atoms with van der Waals surface area (Å²) in [7, 11) is 1.99. The first kappa shape index (κ1) is 14.8. The number of nitrogens with zero attached hydrogens (tertiary/aromatic N) is 3. The van der Waals surface area contributed by atoms with E-state index in [1.54, 1.807) is 0 Å². The Morgan fingerprint density at radius 2 is 2.26 bits per heavy atom. The number of piperidine rings is 1. The van der Waals surface area contributed by atoms with Crippen molar-refractivity contribution in [1.29, 1.82) is 0 Å². The zero-order valence-electron chi connectivity index (χ0n) is 12.2. The van der Waals surface area contributed by atoms with Crippen molar-refractivity contribution >= 4 is 11.6 Å². The van der Waals surface area contributed by atoms with Crippen molar-refractivity contribution in [3.63, 3.8) is 0 Å². The van der Waals surface area contributed by atoms with Crippen LogP contribution in [0.2, 0.25) is 5.02 Å². The number of hydrogen-bond acceptors (Lipinski definition) is 3. The van der Waals surface area contributed by atoms with Crippen LogP contribution in [0.1, 0.15) is 38.1 Å². The van der Waals surface area contributed by atoms with Gasteiger partial charge < -0.3 is 5.32 Å². The SMILES string of the molecule is CCc1nn(C)c(CN(CC)C2CCCNC2)c1Cl. The fraction of sp³-hybridized carbons (Fsp3) is 0.786. The molecular weight excluding hydrogens is 260 g/mol. The molecule has 4 nitrogen and oxygen atoms in total. The number of likely N-dealkylation sites (N-methyl/N-ethyl adjacent to an activating group) is 1. The average molecular weight is 285 g/mol. The average Bonchev–Trinajstić information content (AvgIpc) is 2.72. The normalized spacial score (nSPS) is 20.2. The molecule has 1 aromatic rings. The Morgan fingerprint density at radius 3 is 2.79 bits per heavy atom. The monoisotopic (exact) mass is 284 g/mol. The van der Waals surface area contributed by atoms with E-state index in [1.807, 2.05) is 11.7 Å². The maximum Gasteiger partial charge on any atom is 0.0863 e. The van der Waals surface area contributed by atoms with Gasteiger partial charge in [-0.3, -0.25) is 9.58 Å². The molecule has 0 bridgehead atoms. The molecule has 108 valence electrons. The molecule has 19 heavy (non-hydrogen) atoms. The van der Waals surface area contributed by atoms with Crippen LogP contribution in [-0.2, 0) is 20.0 Å². The summed E-state index contributed by atoms with van der Waals surface area (Å²) >= 11 is 6.44. The molecule has 1 aliphatic rings. The van der Waals surface area contributed by atoms with Gasteiger partial charge in [0.2, 0.25) is 0 Å². The number of aryl methyl sites for hydroxylation is 2. The fourth-order valence-electron chi connectivity index (χ4n) is 2.83. The number of halogens is 1. The Balaban J connectivity index is 2.11. The van der Waals surface area contributed by atoms with Crippen molar-refractivity contribution < 1.29 is 0 Å². The van der Waals surface area contributed by atoms with Gasteiger partial charge in [0.1, 0.15) is 0 Å². The van der Waals surface area contributed by atoms with Gasteiger partial charge in [0.05, 0.1) is 16.4 Å². The highest BCUT2D eigenvalue weighted by molar-refractivity contribution is 6.31. The quantitative estimate of drug-likeness (QED) is 0.900. The summed E-state index contributed by atoms with van der Waals surface area (Å²) in [5.74, 6) is 0. The molecule has 0 aliphatic carbocycles. The van der Waals surface area contributed by atoms with Gasteiger partial charge in [-0.15, -0.1) is 0 Å². The first-order chi connectivity index (χ1) is 9.17. The summed E-state index contributed by atoms with van der Waals surface area (Å²) in [6, 6.07) is 0.620. The minimum Gasteiger partial charge on any atom is -0.315 e. The van der Waals surface area contributed by atoms with E-state index in [-0.39, 0.29) is 0 Å². The second-order valence-electron chi connectivity index (χ2n) is 5.25. The molecule has 1 unspecified atom stereocenters. The van der Waals surface area contributed by atoms with E-state index in [1.165, 1.54) is 12.8 Å². The summed E-state index contributed by atoms with van der Waals surface area (Å²) in [5, 5.41) is 8.84. The molecule has 2 heterocycles. The standard InChI is InChI=1S/C14H25ClN4/c1-4-12-14(15)13(18(3)17-12)10-19(5-2)11-7-6-8-16-9-11/h11,16H,4-10H2,1-3H3. The van der Waals surface area contributed by atoms with Crippen LogP contribution in [0.15, 0.2) is 0 Å². The van der Waals surface area contributed by atoms with Gasteiger partial charge in [0.15, 0.2) is 0 Å². The molecule has 0 saturated carbocycles. The topological polar surface area (TPSA) is 33.1 Å². The third kappa shape index (κ3) is 3.30. The van der Waals surface area contributed by atoms with Gasteiger partial charge in [-0.2, -0.15) is 5.10 Å². The molecule has 2 rings (SSSR count). The lowest BCUT2D eigenvalue weighted by Gasteiger charge is -2.33. The molecule has 0 aromatic carbocycles. The molecular formula is C14H25ClN4. The van der Waals surface area contributed by atoms with Crippen LogP contribution in [0.4, 0.5) is 0 Å². The van der Waals surface area contributed by atoms with E-state index in [0.29, 0.717) is 6.04 Å². The first-order valence-electron chi connectivity index (χ1n) is 7.32. The van der Waals surface area contributed by atoms with Gasteiger partial charge in [0, 0.05) is 26.2 Å². The van der Waals surface area contributed by atoms with Crippen molar-refractivity contribution in [2.45, 2.75) is 45.7 Å². The third-order valence-electron chi connectivity index (χ3n) is 4.05. The van der Waals surface area contributed by atoms with E-state index in [2.05, 4.69) is 29.2 Å². The molecule has 1 aromatic heterocycles. The zero-order chi connectivity index (χ0) is 13.8. The fourth-order valence-corrected chi connectivity index (χ4v) is 3.18. The van der Waals surface area contributed by atoms with Gasteiger partial charge in [-0.1, -0.05) is 25.4 Å². The smallest absolute Gasteiger partial charge is 0.0863 e. The Morgan fingerprint density at radius 1 is 1.47 bits per heavy atom. The summed E-state index contributed by atoms with van der Waals surface area (Å²) in [4.78, 5) is 2.51. The first-order valence-corrected chi connectivity index (χ1v) is 7.70. The lowest BCUT2D eigenvalue weighted by Crippen LogP contribution is -2.45. The molecule has 1 atom stereocenters. The third-order valence-corrected chi connectivity index (χ3v) is 4.49. The number of nitrogens with one attached hydrogen (secondary N) is 1. The molecule has 1 aliphatic heterocycles. The second kappa shape index (κ2) is 6.73. The van der Waals surface area contributed by atoms with E-state index >= 15 is 0 Å². The van der Waals surface area contributed by atoms with E-state index in [0.717, 1.165) is 49.0 Å². The van der Waals surface area contributed by atoms with Gasteiger partial charge in [-0.05, 0) is 32.4 Å². The summed E-state index contributed by atoms with van der Waals surface area (Å²) in [5.41, 5.74) is 2.16. The highest BCUT2D eigenvalue weighted by Gasteiger charge is 2.22. The van der Waals surface area contributed by atoms with Crippen molar-refractivity contribution in [3.8, 4) is 0 Å². The molecule has 0 amide bonds. The minimum atomic E-state index is 0.620. The van der Waals surface area contributed by atoms with Crippen molar-refractivity contribution in [1.82, 2.24) is 20.0 Å². The van der Waals surface area contributed by atoms with Crippen molar-refractivity contribution in [3.05, 3.63) is 16.4 Å². The molecule has 0 spiro atoms. The lowest BCUT2D eigenvalue weighted by molar-refractivity contribution is 0.162. The van der Waals surface area contributed by atoms with Crippen LogP contribution in [0, 0.1) is 0 Å². The van der Waals surface area contributed by atoms with E-state index in [4.69, 9.17) is 11.6 Å². The predicted octanol–water partition coefficient (Wildman–Crippen LogP) is 2.21. The summed E-state index contributed by atoms with van der Waals surface area (Å²) in [6.07, 6.45) is 3.43. The van der Waals surface area contributed by atoms with Crippen LogP contribution in [-0.4, -0.2) is 40.4 Å². The van der Waals surface area contributed by atoms with Crippen molar-refractivity contribution in [2.75, 3.05) is 19.6 Å². The van der Waals surface area contributed by atoms with Gasteiger partial charge >= 0.3 is 0 Å².